The Morgan fingerprint density at radius 1 is 0.870 bits per heavy atom. The minimum absolute atomic E-state index is 0.179. The molecule has 0 aliphatic carbocycles. The molecule has 0 radical (unpaired) electrons. The van der Waals surface area contributed by atoms with E-state index in [-0.39, 0.29) is 30.7 Å². The second kappa shape index (κ2) is 11.3. The Morgan fingerprint density at radius 2 is 1.43 bits per heavy atom. The number of ether oxygens (including phenoxy) is 4. The molecule has 2 N–H and O–H groups in total. The van der Waals surface area contributed by atoms with Crippen molar-refractivity contribution >= 4 is 0 Å². The Labute approximate surface area is 141 Å². The molecule has 0 fully saturated rings. The van der Waals surface area contributed by atoms with Gasteiger partial charge in [-0.2, -0.15) is 0 Å². The molecule has 0 rings (SSSR count). The third kappa shape index (κ3) is 11.9. The van der Waals surface area contributed by atoms with Crippen molar-refractivity contribution in [2.75, 3.05) is 33.0 Å². The van der Waals surface area contributed by atoms with Gasteiger partial charge >= 0.3 is 0 Å². The molecule has 0 heterocycles. The predicted molar refractivity (Wildman–Crippen MR) is 89.4 cm³/mol. The first-order valence-corrected chi connectivity index (χ1v) is 8.42. The van der Waals surface area contributed by atoms with E-state index in [0.717, 1.165) is 6.42 Å². The average molecular weight is 336 g/mol. The summed E-state index contributed by atoms with van der Waals surface area (Å²) in [6.07, 6.45) is 0.688. The quantitative estimate of drug-likeness (QED) is 0.473. The van der Waals surface area contributed by atoms with Gasteiger partial charge in [-0.1, -0.05) is 0 Å². The zero-order valence-corrected chi connectivity index (χ0v) is 15.6. The van der Waals surface area contributed by atoms with Crippen LogP contribution in [0.2, 0.25) is 0 Å². The lowest BCUT2D eigenvalue weighted by molar-refractivity contribution is -0.196. The molecule has 1 atom stereocenters. The van der Waals surface area contributed by atoms with Crippen LogP contribution < -0.4 is 0 Å². The highest BCUT2D eigenvalue weighted by molar-refractivity contribution is 4.73. The Morgan fingerprint density at radius 3 is 1.96 bits per heavy atom. The van der Waals surface area contributed by atoms with Gasteiger partial charge in [0, 0.05) is 13.2 Å². The number of hydrogen-bond acceptors (Lipinski definition) is 6. The summed E-state index contributed by atoms with van der Waals surface area (Å²) in [7, 11) is 0. The van der Waals surface area contributed by atoms with Crippen molar-refractivity contribution in [3.8, 4) is 0 Å². The molecular weight excluding hydrogens is 300 g/mol. The van der Waals surface area contributed by atoms with Gasteiger partial charge in [0.2, 0.25) is 0 Å². The number of rotatable bonds is 14. The van der Waals surface area contributed by atoms with E-state index in [1.54, 1.807) is 0 Å². The predicted octanol–water partition coefficient (Wildman–Crippen LogP) is 2.11. The lowest BCUT2D eigenvalue weighted by atomic mass is 10.0. The van der Waals surface area contributed by atoms with Gasteiger partial charge in [-0.15, -0.1) is 0 Å². The van der Waals surface area contributed by atoms with E-state index in [1.807, 2.05) is 41.5 Å². The van der Waals surface area contributed by atoms with Crippen LogP contribution in [-0.4, -0.2) is 66.8 Å². The van der Waals surface area contributed by atoms with Crippen LogP contribution in [0, 0.1) is 0 Å². The molecule has 140 valence electrons. The second-order valence-corrected chi connectivity index (χ2v) is 6.87. The lowest BCUT2D eigenvalue weighted by Gasteiger charge is -2.31. The fourth-order valence-corrected chi connectivity index (χ4v) is 2.06. The average Bonchev–Trinajstić information content (AvgIpc) is 2.42. The van der Waals surface area contributed by atoms with Gasteiger partial charge in [-0.05, 0) is 54.4 Å². The summed E-state index contributed by atoms with van der Waals surface area (Å²) in [6, 6.07) is 0. The molecule has 0 aromatic rings. The molecule has 0 amide bonds. The Balaban J connectivity index is 4.03. The van der Waals surface area contributed by atoms with Crippen molar-refractivity contribution in [2.24, 2.45) is 0 Å². The largest absolute Gasteiger partial charge is 0.394 e. The molecule has 6 heteroatoms. The van der Waals surface area contributed by atoms with Gasteiger partial charge < -0.3 is 29.2 Å². The molecule has 23 heavy (non-hydrogen) atoms. The molecular formula is C17H36O6. The van der Waals surface area contributed by atoms with Crippen LogP contribution in [0.3, 0.4) is 0 Å². The summed E-state index contributed by atoms with van der Waals surface area (Å²) in [6.45, 7) is 13.2. The first-order valence-electron chi connectivity index (χ1n) is 8.42. The minimum Gasteiger partial charge on any atom is -0.394 e. The van der Waals surface area contributed by atoms with Crippen LogP contribution in [0.5, 0.6) is 0 Å². The topological polar surface area (TPSA) is 77.4 Å². The maximum atomic E-state index is 8.96. The van der Waals surface area contributed by atoms with Crippen LogP contribution in [0.1, 0.15) is 54.4 Å². The maximum Gasteiger partial charge on any atom is 0.155 e. The Bertz CT molecular complexity index is 289. The van der Waals surface area contributed by atoms with Crippen LogP contribution in [0.25, 0.3) is 0 Å². The molecule has 6 nitrogen and oxygen atoms in total. The van der Waals surface area contributed by atoms with E-state index in [1.165, 1.54) is 0 Å². The third-order valence-corrected chi connectivity index (χ3v) is 3.55. The zero-order valence-electron chi connectivity index (χ0n) is 15.6. The molecule has 0 saturated heterocycles. The van der Waals surface area contributed by atoms with Crippen LogP contribution in [0.15, 0.2) is 0 Å². The van der Waals surface area contributed by atoms with E-state index in [0.29, 0.717) is 26.2 Å². The minimum atomic E-state index is -0.516. The van der Waals surface area contributed by atoms with E-state index in [4.69, 9.17) is 29.2 Å². The van der Waals surface area contributed by atoms with Crippen LogP contribution in [-0.2, 0) is 18.9 Å². The highest BCUT2D eigenvalue weighted by Crippen LogP contribution is 2.21. The fraction of sp³-hybridized carbons (Fsp3) is 1.00. The maximum absolute atomic E-state index is 8.96. The van der Waals surface area contributed by atoms with Crippen LogP contribution >= 0.6 is 0 Å². The molecule has 0 bridgehead atoms. The third-order valence-electron chi connectivity index (χ3n) is 3.55. The Kier molecular flexibility index (Phi) is 11.2. The zero-order chi connectivity index (χ0) is 17.9. The van der Waals surface area contributed by atoms with Crippen molar-refractivity contribution in [1.29, 1.82) is 0 Å². The number of hydrogen-bond donors (Lipinski definition) is 2. The van der Waals surface area contributed by atoms with E-state index >= 15 is 0 Å². The summed E-state index contributed by atoms with van der Waals surface area (Å²) in [5.41, 5.74) is -0.656. The van der Waals surface area contributed by atoms with Gasteiger partial charge in [0.1, 0.15) is 6.10 Å². The normalized spacial score (nSPS) is 14.5. The number of aliphatic hydroxyl groups is 2. The summed E-state index contributed by atoms with van der Waals surface area (Å²) < 4.78 is 22.6. The molecule has 0 aromatic carbocycles. The highest BCUT2D eigenvalue weighted by Gasteiger charge is 2.25. The molecule has 1 unspecified atom stereocenters. The molecule has 0 saturated carbocycles. The molecule has 0 aromatic heterocycles. The van der Waals surface area contributed by atoms with Crippen molar-refractivity contribution < 1.29 is 29.2 Å². The van der Waals surface area contributed by atoms with E-state index in [2.05, 4.69) is 0 Å². The summed E-state index contributed by atoms with van der Waals surface area (Å²) in [5, 5.41) is 17.9. The first-order chi connectivity index (χ1) is 10.7. The van der Waals surface area contributed by atoms with E-state index < -0.39 is 6.10 Å². The number of aliphatic hydroxyl groups excluding tert-OH is 2. The second-order valence-electron chi connectivity index (χ2n) is 6.87. The van der Waals surface area contributed by atoms with Crippen molar-refractivity contribution in [1.82, 2.24) is 0 Å². The Hall–Kier alpha value is -0.240. The molecule has 0 aliphatic rings. The standard InChI is InChI=1S/C17H36O6/c1-7-20-14(2)23-17(5,6)9-11-22-16(3,4)8-10-21-15(12-18)13-19/h14-15,18-19H,7-13H2,1-6H3. The van der Waals surface area contributed by atoms with Crippen molar-refractivity contribution in [2.45, 2.75) is 78.0 Å². The van der Waals surface area contributed by atoms with E-state index in [9.17, 15) is 0 Å². The van der Waals surface area contributed by atoms with Gasteiger partial charge in [0.25, 0.3) is 0 Å². The van der Waals surface area contributed by atoms with Gasteiger partial charge in [0.15, 0.2) is 6.29 Å². The van der Waals surface area contributed by atoms with Gasteiger partial charge in [-0.25, -0.2) is 0 Å². The SMILES string of the molecule is CCOC(C)OC(C)(C)CCOC(C)(C)CCOC(CO)CO. The van der Waals surface area contributed by atoms with Crippen molar-refractivity contribution in [3.63, 3.8) is 0 Å². The highest BCUT2D eigenvalue weighted by atomic mass is 16.7. The summed E-state index contributed by atoms with van der Waals surface area (Å²) >= 11 is 0. The lowest BCUT2D eigenvalue weighted by Crippen LogP contribution is -2.35. The van der Waals surface area contributed by atoms with Gasteiger partial charge in [0.05, 0.1) is 31.0 Å². The smallest absolute Gasteiger partial charge is 0.155 e. The van der Waals surface area contributed by atoms with Gasteiger partial charge in [-0.3, -0.25) is 0 Å². The van der Waals surface area contributed by atoms with Crippen LogP contribution in [0.4, 0.5) is 0 Å². The van der Waals surface area contributed by atoms with Crippen molar-refractivity contribution in [3.05, 3.63) is 0 Å². The summed E-state index contributed by atoms with van der Waals surface area (Å²) in [4.78, 5) is 0. The fourth-order valence-electron chi connectivity index (χ4n) is 2.06. The molecule has 0 spiro atoms. The first kappa shape index (κ1) is 22.8. The summed E-state index contributed by atoms with van der Waals surface area (Å²) in [5.74, 6) is 0. The molecule has 0 aliphatic heterocycles. The monoisotopic (exact) mass is 336 g/mol.